The number of aromatic nitrogens is 2. The van der Waals surface area contributed by atoms with Crippen LogP contribution in [-0.4, -0.2) is 21.7 Å². The fraction of sp³-hybridized carbons (Fsp3) is 0.0312. The van der Waals surface area contributed by atoms with Gasteiger partial charge in [-0.2, -0.15) is 5.10 Å². The van der Waals surface area contributed by atoms with Crippen molar-refractivity contribution in [1.82, 2.24) is 15.0 Å². The monoisotopic (exact) mass is 595 g/mol. The van der Waals surface area contributed by atoms with Crippen molar-refractivity contribution in [3.8, 4) is 11.3 Å². The Morgan fingerprint density at radius 3 is 2.54 bits per heavy atom. The SMILES string of the molecule is O=C(N/N=C\c1cn(Cc2cccc(Cl)c2)c2ccccc12)c1ccc(-c2csc(Nc3ccc(Cl)cc3)n2)cc1. The van der Waals surface area contributed by atoms with Crippen molar-refractivity contribution in [3.05, 3.63) is 135 Å². The number of fused-ring (bicyclic) bond motifs is 1. The number of hydrogen-bond acceptors (Lipinski definition) is 5. The average molecular weight is 597 g/mol. The summed E-state index contributed by atoms with van der Waals surface area (Å²) in [6.45, 7) is 0.672. The quantitative estimate of drug-likeness (QED) is 0.137. The van der Waals surface area contributed by atoms with Crippen molar-refractivity contribution in [2.45, 2.75) is 6.54 Å². The Labute approximate surface area is 250 Å². The van der Waals surface area contributed by atoms with Gasteiger partial charge in [-0.05, 0) is 60.2 Å². The van der Waals surface area contributed by atoms with E-state index in [0.717, 1.165) is 44.1 Å². The fourth-order valence-electron chi connectivity index (χ4n) is 4.48. The van der Waals surface area contributed by atoms with Crippen LogP contribution in [0.5, 0.6) is 0 Å². The smallest absolute Gasteiger partial charge is 0.271 e. The summed E-state index contributed by atoms with van der Waals surface area (Å²) in [6.07, 6.45) is 3.70. The van der Waals surface area contributed by atoms with Gasteiger partial charge >= 0.3 is 0 Å². The summed E-state index contributed by atoms with van der Waals surface area (Å²) in [5.74, 6) is -0.293. The lowest BCUT2D eigenvalue weighted by atomic mass is 10.1. The number of carbonyl (C=O) groups excluding carboxylic acids is 1. The Bertz CT molecular complexity index is 1860. The molecule has 0 spiro atoms. The summed E-state index contributed by atoms with van der Waals surface area (Å²) in [4.78, 5) is 17.4. The summed E-state index contributed by atoms with van der Waals surface area (Å²) in [5.41, 5.74) is 8.88. The van der Waals surface area contributed by atoms with Gasteiger partial charge in [0, 0.05) is 61.4 Å². The van der Waals surface area contributed by atoms with E-state index in [0.29, 0.717) is 22.2 Å². The molecule has 2 heterocycles. The molecule has 4 aromatic carbocycles. The summed E-state index contributed by atoms with van der Waals surface area (Å²) >= 11 is 13.6. The van der Waals surface area contributed by atoms with Crippen LogP contribution in [0.25, 0.3) is 22.2 Å². The first kappa shape index (κ1) is 26.8. The molecule has 0 saturated heterocycles. The second-order valence-corrected chi connectivity index (χ2v) is 11.0. The molecule has 202 valence electrons. The molecular weight excluding hydrogens is 573 g/mol. The average Bonchev–Trinajstić information content (AvgIpc) is 3.59. The van der Waals surface area contributed by atoms with E-state index in [4.69, 9.17) is 23.2 Å². The lowest BCUT2D eigenvalue weighted by Gasteiger charge is -2.05. The van der Waals surface area contributed by atoms with E-state index in [1.165, 1.54) is 11.3 Å². The Hall–Kier alpha value is -4.43. The number of carbonyl (C=O) groups is 1. The minimum absolute atomic E-state index is 0.293. The van der Waals surface area contributed by atoms with E-state index in [2.05, 4.69) is 31.5 Å². The Balaban J connectivity index is 1.11. The first-order chi connectivity index (χ1) is 20.0. The number of anilines is 2. The number of thiazole rings is 1. The van der Waals surface area contributed by atoms with Crippen molar-refractivity contribution < 1.29 is 4.79 Å². The fourth-order valence-corrected chi connectivity index (χ4v) is 5.56. The standard InChI is InChI=1S/C32H23Cl2N5OS/c33-25-12-14-27(15-13-25)36-32-37-29(20-41-32)22-8-10-23(11-9-22)31(40)38-35-17-24-19-39(30-7-2-1-6-28(24)30)18-21-4-3-5-26(34)16-21/h1-17,19-20H,18H2,(H,36,37)(H,38,40)/b35-17-. The first-order valence-electron chi connectivity index (χ1n) is 12.8. The maximum absolute atomic E-state index is 12.8. The molecule has 6 nitrogen and oxygen atoms in total. The zero-order chi connectivity index (χ0) is 28.2. The number of nitrogens with one attached hydrogen (secondary N) is 2. The van der Waals surface area contributed by atoms with Crippen LogP contribution in [0.15, 0.2) is 114 Å². The summed E-state index contributed by atoms with van der Waals surface area (Å²) in [6, 6.07) is 30.7. The number of nitrogens with zero attached hydrogens (tertiary/aromatic N) is 3. The van der Waals surface area contributed by atoms with Crippen molar-refractivity contribution in [2.24, 2.45) is 5.10 Å². The largest absolute Gasteiger partial charge is 0.342 e. The van der Waals surface area contributed by atoms with E-state index in [-0.39, 0.29) is 5.91 Å². The molecule has 0 aliphatic carbocycles. The van der Waals surface area contributed by atoms with Gasteiger partial charge in [0.05, 0.1) is 11.9 Å². The molecule has 0 radical (unpaired) electrons. The molecular formula is C32H23Cl2N5OS. The summed E-state index contributed by atoms with van der Waals surface area (Å²) in [7, 11) is 0. The predicted molar refractivity (Wildman–Crippen MR) is 170 cm³/mol. The number of hydrogen-bond donors (Lipinski definition) is 2. The number of hydrazone groups is 1. The summed E-state index contributed by atoms with van der Waals surface area (Å²) < 4.78 is 2.15. The molecule has 0 aliphatic heterocycles. The van der Waals surface area contributed by atoms with Crippen molar-refractivity contribution in [3.63, 3.8) is 0 Å². The van der Waals surface area contributed by atoms with E-state index in [1.54, 1.807) is 18.3 Å². The second kappa shape index (κ2) is 12.0. The van der Waals surface area contributed by atoms with Gasteiger partial charge in [-0.1, -0.05) is 65.7 Å². The number of halogens is 2. The van der Waals surface area contributed by atoms with E-state index >= 15 is 0 Å². The van der Waals surface area contributed by atoms with Crippen LogP contribution in [0.2, 0.25) is 10.0 Å². The van der Waals surface area contributed by atoms with Crippen LogP contribution in [0.3, 0.4) is 0 Å². The van der Waals surface area contributed by atoms with Gasteiger partial charge in [0.1, 0.15) is 0 Å². The van der Waals surface area contributed by atoms with Gasteiger partial charge in [-0.25, -0.2) is 10.4 Å². The van der Waals surface area contributed by atoms with Crippen molar-refractivity contribution >= 4 is 68.4 Å². The number of rotatable bonds is 8. The highest BCUT2D eigenvalue weighted by Crippen LogP contribution is 2.28. The van der Waals surface area contributed by atoms with Gasteiger partial charge in [0.15, 0.2) is 5.13 Å². The third-order valence-electron chi connectivity index (χ3n) is 6.47. The molecule has 0 saturated carbocycles. The minimum atomic E-state index is -0.293. The molecule has 6 aromatic rings. The molecule has 0 aliphatic rings. The van der Waals surface area contributed by atoms with Crippen LogP contribution < -0.4 is 10.7 Å². The lowest BCUT2D eigenvalue weighted by molar-refractivity contribution is 0.0955. The van der Waals surface area contributed by atoms with Crippen molar-refractivity contribution in [1.29, 1.82) is 0 Å². The minimum Gasteiger partial charge on any atom is -0.342 e. The van der Waals surface area contributed by atoms with Gasteiger partial charge in [0.25, 0.3) is 5.91 Å². The Kier molecular flexibility index (Phi) is 7.82. The molecule has 0 atom stereocenters. The third kappa shape index (κ3) is 6.33. The molecule has 6 rings (SSSR count). The van der Waals surface area contributed by atoms with Gasteiger partial charge in [-0.15, -0.1) is 11.3 Å². The zero-order valence-corrected chi connectivity index (χ0v) is 23.9. The van der Waals surface area contributed by atoms with Crippen LogP contribution in [0.4, 0.5) is 10.8 Å². The molecule has 9 heteroatoms. The first-order valence-corrected chi connectivity index (χ1v) is 14.4. The Morgan fingerprint density at radius 2 is 1.73 bits per heavy atom. The molecule has 1 amide bonds. The second-order valence-electron chi connectivity index (χ2n) is 9.31. The van der Waals surface area contributed by atoms with E-state index in [1.807, 2.05) is 90.4 Å². The lowest BCUT2D eigenvalue weighted by Crippen LogP contribution is -2.17. The number of para-hydroxylation sites is 1. The number of benzene rings is 4. The van der Waals surface area contributed by atoms with Gasteiger partial charge < -0.3 is 9.88 Å². The highest BCUT2D eigenvalue weighted by molar-refractivity contribution is 7.14. The number of amides is 1. The van der Waals surface area contributed by atoms with Crippen LogP contribution in [0, 0.1) is 0 Å². The summed E-state index contributed by atoms with van der Waals surface area (Å²) in [5, 5.41) is 12.7. The topological polar surface area (TPSA) is 71.3 Å². The molecule has 0 fully saturated rings. The van der Waals surface area contributed by atoms with Crippen molar-refractivity contribution in [2.75, 3.05) is 5.32 Å². The maximum atomic E-state index is 12.8. The van der Waals surface area contributed by atoms with Crippen LogP contribution in [-0.2, 0) is 6.54 Å². The molecule has 41 heavy (non-hydrogen) atoms. The van der Waals surface area contributed by atoms with Gasteiger partial charge in [0.2, 0.25) is 0 Å². The molecule has 2 N–H and O–H groups in total. The zero-order valence-electron chi connectivity index (χ0n) is 21.6. The Morgan fingerprint density at radius 1 is 0.927 bits per heavy atom. The van der Waals surface area contributed by atoms with Gasteiger partial charge in [-0.3, -0.25) is 4.79 Å². The third-order valence-corrected chi connectivity index (χ3v) is 7.72. The predicted octanol–water partition coefficient (Wildman–Crippen LogP) is 8.63. The normalized spacial score (nSPS) is 11.3. The van der Waals surface area contributed by atoms with Crippen LogP contribution >= 0.6 is 34.5 Å². The highest BCUT2D eigenvalue weighted by atomic mass is 35.5. The van der Waals surface area contributed by atoms with Crippen LogP contribution in [0.1, 0.15) is 21.5 Å². The molecule has 0 unspecified atom stereocenters. The highest BCUT2D eigenvalue weighted by Gasteiger charge is 2.10. The van der Waals surface area contributed by atoms with E-state index < -0.39 is 0 Å². The van der Waals surface area contributed by atoms with E-state index in [9.17, 15) is 4.79 Å². The maximum Gasteiger partial charge on any atom is 0.271 e. The molecule has 0 bridgehead atoms. The molecule has 2 aromatic heterocycles.